The lowest BCUT2D eigenvalue weighted by Gasteiger charge is -2.09. The molecule has 0 aliphatic carbocycles. The van der Waals surface area contributed by atoms with Crippen LogP contribution in [0.3, 0.4) is 0 Å². The summed E-state index contributed by atoms with van der Waals surface area (Å²) in [6, 6.07) is 0. The van der Waals surface area contributed by atoms with Gasteiger partial charge < -0.3 is 9.84 Å². The van der Waals surface area contributed by atoms with Gasteiger partial charge in [-0.05, 0) is 25.0 Å². The summed E-state index contributed by atoms with van der Waals surface area (Å²) >= 11 is 1.82. The van der Waals surface area contributed by atoms with E-state index in [1.165, 1.54) is 26.4 Å². The fraction of sp³-hybridized carbons (Fsp3) is 0.933. The largest absolute Gasteiger partial charge is 0.469 e. The van der Waals surface area contributed by atoms with Crippen molar-refractivity contribution in [2.24, 2.45) is 0 Å². The molecule has 0 aromatic heterocycles. The molecule has 0 spiro atoms. The van der Waals surface area contributed by atoms with Gasteiger partial charge in [-0.15, -0.1) is 0 Å². The third-order valence-electron chi connectivity index (χ3n) is 3.10. The lowest BCUT2D eigenvalue weighted by Crippen LogP contribution is -2.10. The van der Waals surface area contributed by atoms with Crippen LogP contribution in [0, 0.1) is 0 Å². The first-order valence-corrected chi connectivity index (χ1v) is 8.68. The van der Waals surface area contributed by atoms with Gasteiger partial charge in [0.15, 0.2) is 0 Å². The van der Waals surface area contributed by atoms with Gasteiger partial charge in [-0.2, -0.15) is 11.8 Å². The van der Waals surface area contributed by atoms with E-state index in [0.29, 0.717) is 6.42 Å². The number of methoxy groups -OCH3 is 1. The van der Waals surface area contributed by atoms with Gasteiger partial charge in [0, 0.05) is 12.2 Å². The fourth-order valence-electron chi connectivity index (χ4n) is 1.86. The van der Waals surface area contributed by atoms with Gasteiger partial charge in [-0.25, -0.2) is 0 Å². The molecule has 0 aromatic carbocycles. The zero-order chi connectivity index (χ0) is 14.3. The molecule has 4 heteroatoms. The number of carbonyl (C=O) groups excluding carboxylic acids is 1. The monoisotopic (exact) mass is 290 g/mol. The molecule has 114 valence electrons. The van der Waals surface area contributed by atoms with E-state index in [4.69, 9.17) is 0 Å². The van der Waals surface area contributed by atoms with E-state index >= 15 is 0 Å². The Morgan fingerprint density at radius 3 is 2.58 bits per heavy atom. The van der Waals surface area contributed by atoms with Gasteiger partial charge in [0.2, 0.25) is 0 Å². The Labute approximate surface area is 122 Å². The van der Waals surface area contributed by atoms with Gasteiger partial charge >= 0.3 is 5.97 Å². The Kier molecular flexibility index (Phi) is 14.0. The topological polar surface area (TPSA) is 46.5 Å². The van der Waals surface area contributed by atoms with Crippen LogP contribution in [0.25, 0.3) is 0 Å². The molecule has 1 unspecified atom stereocenters. The molecule has 1 atom stereocenters. The summed E-state index contributed by atoms with van der Waals surface area (Å²) in [5.41, 5.74) is 0. The maximum Gasteiger partial charge on any atom is 0.305 e. The van der Waals surface area contributed by atoms with E-state index in [2.05, 4.69) is 11.7 Å². The first kappa shape index (κ1) is 18.8. The molecular weight excluding hydrogens is 260 g/mol. The Hall–Kier alpha value is -0.220. The highest BCUT2D eigenvalue weighted by Crippen LogP contribution is 2.13. The van der Waals surface area contributed by atoms with Crippen molar-refractivity contribution in [2.45, 2.75) is 70.8 Å². The van der Waals surface area contributed by atoms with Gasteiger partial charge in [0.25, 0.3) is 0 Å². The predicted molar refractivity (Wildman–Crippen MR) is 82.6 cm³/mol. The Morgan fingerprint density at radius 1 is 1.16 bits per heavy atom. The van der Waals surface area contributed by atoms with Crippen molar-refractivity contribution in [3.8, 4) is 0 Å². The third kappa shape index (κ3) is 14.0. The predicted octanol–water partition coefficient (Wildman–Crippen LogP) is 3.78. The standard InChI is InChI=1S/C15H30O3S/c1-3-4-5-7-10-14(16)13-19-12-9-6-8-11-15(17)18-2/h14,16H,3-13H2,1-2H3. The number of hydrogen-bond acceptors (Lipinski definition) is 4. The Morgan fingerprint density at radius 2 is 1.89 bits per heavy atom. The minimum absolute atomic E-state index is 0.116. The van der Waals surface area contributed by atoms with E-state index in [1.54, 1.807) is 0 Å². The van der Waals surface area contributed by atoms with Crippen molar-refractivity contribution in [3.63, 3.8) is 0 Å². The van der Waals surface area contributed by atoms with Gasteiger partial charge in [0.1, 0.15) is 0 Å². The molecule has 0 saturated heterocycles. The maximum absolute atomic E-state index is 10.9. The van der Waals surface area contributed by atoms with E-state index in [0.717, 1.165) is 43.6 Å². The molecule has 0 rings (SSSR count). The highest BCUT2D eigenvalue weighted by atomic mass is 32.2. The lowest BCUT2D eigenvalue weighted by molar-refractivity contribution is -0.140. The summed E-state index contributed by atoms with van der Waals surface area (Å²) in [5, 5.41) is 9.77. The van der Waals surface area contributed by atoms with Gasteiger partial charge in [-0.1, -0.05) is 39.0 Å². The van der Waals surface area contributed by atoms with E-state index in [1.807, 2.05) is 11.8 Å². The highest BCUT2D eigenvalue weighted by Gasteiger charge is 2.04. The summed E-state index contributed by atoms with van der Waals surface area (Å²) in [4.78, 5) is 10.9. The first-order chi connectivity index (χ1) is 9.20. The second kappa shape index (κ2) is 14.2. The van der Waals surface area contributed by atoms with Gasteiger partial charge in [-0.3, -0.25) is 4.79 Å². The van der Waals surface area contributed by atoms with Gasteiger partial charge in [0.05, 0.1) is 13.2 Å². The SMILES string of the molecule is CCCCCCC(O)CSCCCCCC(=O)OC. The molecule has 0 amide bonds. The van der Waals surface area contributed by atoms with Crippen molar-refractivity contribution in [1.82, 2.24) is 0 Å². The van der Waals surface area contributed by atoms with Crippen LogP contribution in [0.1, 0.15) is 64.7 Å². The summed E-state index contributed by atoms with van der Waals surface area (Å²) in [5.74, 6) is 1.81. The van der Waals surface area contributed by atoms with Crippen LogP contribution in [0.5, 0.6) is 0 Å². The average Bonchev–Trinajstić information content (AvgIpc) is 2.42. The second-order valence-electron chi connectivity index (χ2n) is 4.96. The molecule has 0 heterocycles. The maximum atomic E-state index is 10.9. The summed E-state index contributed by atoms with van der Waals surface area (Å²) in [6.07, 6.45) is 9.33. The van der Waals surface area contributed by atoms with Crippen molar-refractivity contribution in [3.05, 3.63) is 0 Å². The number of esters is 1. The van der Waals surface area contributed by atoms with Crippen LogP contribution in [0.15, 0.2) is 0 Å². The van der Waals surface area contributed by atoms with E-state index in [-0.39, 0.29) is 12.1 Å². The normalized spacial score (nSPS) is 12.4. The molecule has 3 nitrogen and oxygen atoms in total. The molecule has 0 radical (unpaired) electrons. The number of ether oxygens (including phenoxy) is 1. The van der Waals surface area contributed by atoms with Crippen molar-refractivity contribution in [1.29, 1.82) is 0 Å². The minimum atomic E-state index is -0.142. The molecular formula is C15H30O3S. The molecule has 0 aliphatic heterocycles. The van der Waals surface area contributed by atoms with Crippen molar-refractivity contribution >= 4 is 17.7 Å². The fourth-order valence-corrected chi connectivity index (χ4v) is 2.88. The minimum Gasteiger partial charge on any atom is -0.469 e. The van der Waals surface area contributed by atoms with Crippen LogP contribution in [0.2, 0.25) is 0 Å². The molecule has 19 heavy (non-hydrogen) atoms. The second-order valence-corrected chi connectivity index (χ2v) is 6.11. The molecule has 0 aliphatic rings. The van der Waals surface area contributed by atoms with Crippen LogP contribution in [0.4, 0.5) is 0 Å². The van der Waals surface area contributed by atoms with Crippen molar-refractivity contribution < 1.29 is 14.6 Å². The molecule has 1 N–H and O–H groups in total. The number of carbonyl (C=O) groups is 1. The zero-order valence-corrected chi connectivity index (χ0v) is 13.3. The number of unbranched alkanes of at least 4 members (excludes halogenated alkanes) is 5. The van der Waals surface area contributed by atoms with Crippen LogP contribution in [-0.2, 0) is 9.53 Å². The quantitative estimate of drug-likeness (QED) is 0.414. The number of thioether (sulfide) groups is 1. The highest BCUT2D eigenvalue weighted by molar-refractivity contribution is 7.99. The molecule has 0 bridgehead atoms. The zero-order valence-electron chi connectivity index (χ0n) is 12.5. The van der Waals surface area contributed by atoms with Crippen LogP contribution < -0.4 is 0 Å². The smallest absolute Gasteiger partial charge is 0.305 e. The Balaban J connectivity index is 3.18. The molecule has 0 aromatic rings. The Bertz CT molecular complexity index is 210. The summed E-state index contributed by atoms with van der Waals surface area (Å²) in [7, 11) is 1.43. The summed E-state index contributed by atoms with van der Waals surface area (Å²) < 4.78 is 4.59. The third-order valence-corrected chi connectivity index (χ3v) is 4.30. The number of hydrogen-bond donors (Lipinski definition) is 1. The molecule has 0 fully saturated rings. The van der Waals surface area contributed by atoms with Crippen LogP contribution in [-0.4, -0.2) is 35.8 Å². The van der Waals surface area contributed by atoms with E-state index in [9.17, 15) is 9.90 Å². The number of aliphatic hydroxyl groups excluding tert-OH is 1. The first-order valence-electron chi connectivity index (χ1n) is 7.53. The number of aliphatic hydroxyl groups is 1. The lowest BCUT2D eigenvalue weighted by atomic mass is 10.1. The average molecular weight is 290 g/mol. The van der Waals surface area contributed by atoms with E-state index < -0.39 is 0 Å². The van der Waals surface area contributed by atoms with Crippen molar-refractivity contribution in [2.75, 3.05) is 18.6 Å². The van der Waals surface area contributed by atoms with Crippen LogP contribution >= 0.6 is 11.8 Å². The molecule has 0 saturated carbocycles. The number of rotatable bonds is 13. The summed E-state index contributed by atoms with van der Waals surface area (Å²) in [6.45, 7) is 2.20.